The lowest BCUT2D eigenvalue weighted by molar-refractivity contribution is -0.115. The Balaban J connectivity index is 1.44. The molecule has 0 atom stereocenters. The number of carbonyl (C=O) groups is 2. The number of aryl methyl sites for hydroxylation is 1. The lowest BCUT2D eigenvalue weighted by atomic mass is 10.1. The number of hydrogen-bond donors (Lipinski definition) is 3. The first-order chi connectivity index (χ1) is 15.0. The summed E-state index contributed by atoms with van der Waals surface area (Å²) in [4.78, 5) is 26.4. The molecule has 4 rings (SSSR count). The Morgan fingerprint density at radius 1 is 1.10 bits per heavy atom. The average Bonchev–Trinajstić information content (AvgIpc) is 3.35. The van der Waals surface area contributed by atoms with E-state index in [9.17, 15) is 9.59 Å². The lowest BCUT2D eigenvalue weighted by Gasteiger charge is -2.07. The molecule has 0 fully saturated rings. The van der Waals surface area contributed by atoms with Crippen molar-refractivity contribution in [1.29, 1.82) is 0 Å². The number of H-pyrrole nitrogens is 1. The Bertz CT molecular complexity index is 1240. The topological polar surface area (TPSA) is 96.1 Å². The van der Waals surface area contributed by atoms with E-state index in [2.05, 4.69) is 20.8 Å². The zero-order chi connectivity index (χ0) is 21.8. The number of methoxy groups -OCH3 is 1. The molecule has 0 aliphatic carbocycles. The highest BCUT2D eigenvalue weighted by atomic mass is 32.1. The largest absolute Gasteiger partial charge is 0.496 e. The van der Waals surface area contributed by atoms with E-state index >= 15 is 0 Å². The minimum Gasteiger partial charge on any atom is -0.496 e. The van der Waals surface area contributed by atoms with Crippen molar-refractivity contribution in [3.8, 4) is 5.75 Å². The molecule has 2 aromatic carbocycles. The fraction of sp³-hybridized carbons (Fsp3) is 0.174. The molecule has 8 heteroatoms. The third-order valence-electron chi connectivity index (χ3n) is 4.98. The third kappa shape index (κ3) is 4.59. The van der Waals surface area contributed by atoms with Gasteiger partial charge >= 0.3 is 0 Å². The fourth-order valence-electron chi connectivity index (χ4n) is 3.29. The molecule has 0 radical (unpaired) electrons. The van der Waals surface area contributed by atoms with Crippen molar-refractivity contribution in [2.24, 2.45) is 0 Å². The standard InChI is InChI=1S/C23H22N4O3S/c1-14-7-3-4-9-16(14)13-24-22(29)19-12-17-21(26-27-23(17)31-19)25-20(28)11-15-8-5-6-10-18(15)30-2/h3-10,12H,11,13H2,1-2H3,(H,24,29)(H2,25,26,27,28). The summed E-state index contributed by atoms with van der Waals surface area (Å²) < 4.78 is 5.30. The number of aromatic amines is 1. The number of nitrogens with zero attached hydrogens (tertiary/aromatic N) is 1. The quantitative estimate of drug-likeness (QED) is 0.409. The highest BCUT2D eigenvalue weighted by Gasteiger charge is 2.17. The molecule has 4 aromatic rings. The number of benzene rings is 2. The Morgan fingerprint density at radius 2 is 1.84 bits per heavy atom. The minimum absolute atomic E-state index is 0.159. The summed E-state index contributed by atoms with van der Waals surface area (Å²) in [6.45, 7) is 2.47. The van der Waals surface area contributed by atoms with Crippen molar-refractivity contribution in [2.75, 3.05) is 12.4 Å². The van der Waals surface area contributed by atoms with Crippen LogP contribution < -0.4 is 15.4 Å². The Hall–Kier alpha value is -3.65. The van der Waals surface area contributed by atoms with E-state index in [0.717, 1.165) is 21.5 Å². The number of thiophene rings is 1. The number of aromatic nitrogens is 2. The summed E-state index contributed by atoms with van der Waals surface area (Å²) in [5.41, 5.74) is 2.99. The van der Waals surface area contributed by atoms with Gasteiger partial charge in [-0.2, -0.15) is 5.10 Å². The Labute approximate surface area is 183 Å². The number of para-hydroxylation sites is 1. The normalized spacial score (nSPS) is 10.8. The molecule has 31 heavy (non-hydrogen) atoms. The van der Waals surface area contributed by atoms with Gasteiger partial charge in [0.1, 0.15) is 10.6 Å². The van der Waals surface area contributed by atoms with E-state index in [4.69, 9.17) is 4.74 Å². The van der Waals surface area contributed by atoms with Crippen molar-refractivity contribution in [1.82, 2.24) is 15.5 Å². The maximum atomic E-state index is 12.6. The second-order valence-electron chi connectivity index (χ2n) is 7.07. The molecule has 2 amide bonds. The van der Waals surface area contributed by atoms with Crippen LogP contribution >= 0.6 is 11.3 Å². The van der Waals surface area contributed by atoms with Crippen LogP contribution in [0.2, 0.25) is 0 Å². The summed E-state index contributed by atoms with van der Waals surface area (Å²) in [7, 11) is 1.57. The monoisotopic (exact) mass is 434 g/mol. The molecule has 3 N–H and O–H groups in total. The first kappa shape index (κ1) is 20.6. The van der Waals surface area contributed by atoms with E-state index in [1.807, 2.05) is 55.5 Å². The number of anilines is 1. The summed E-state index contributed by atoms with van der Waals surface area (Å²) in [5.74, 6) is 0.691. The lowest BCUT2D eigenvalue weighted by Crippen LogP contribution is -2.22. The zero-order valence-corrected chi connectivity index (χ0v) is 18.0. The van der Waals surface area contributed by atoms with Gasteiger partial charge in [0.2, 0.25) is 5.91 Å². The Kier molecular flexibility index (Phi) is 5.99. The maximum Gasteiger partial charge on any atom is 0.261 e. The number of hydrogen-bond acceptors (Lipinski definition) is 5. The molecule has 0 saturated heterocycles. The molecule has 7 nitrogen and oxygen atoms in total. The van der Waals surface area contributed by atoms with Crippen molar-refractivity contribution in [3.63, 3.8) is 0 Å². The number of amides is 2. The van der Waals surface area contributed by atoms with Crippen LogP contribution in [0.25, 0.3) is 10.2 Å². The van der Waals surface area contributed by atoms with Gasteiger partial charge in [-0.25, -0.2) is 0 Å². The number of rotatable bonds is 7. The fourth-order valence-corrected chi connectivity index (χ4v) is 4.21. The van der Waals surface area contributed by atoms with Crippen LogP contribution in [0.4, 0.5) is 5.82 Å². The van der Waals surface area contributed by atoms with E-state index in [1.165, 1.54) is 11.3 Å². The highest BCUT2D eigenvalue weighted by molar-refractivity contribution is 7.20. The number of ether oxygens (including phenoxy) is 1. The van der Waals surface area contributed by atoms with Gasteiger partial charge in [0.25, 0.3) is 5.91 Å². The van der Waals surface area contributed by atoms with Gasteiger partial charge in [0.05, 0.1) is 23.8 Å². The molecule has 0 unspecified atom stereocenters. The first-order valence-corrected chi connectivity index (χ1v) is 10.6. The van der Waals surface area contributed by atoms with Crippen LogP contribution in [0.5, 0.6) is 5.75 Å². The van der Waals surface area contributed by atoms with Gasteiger partial charge in [-0.05, 0) is 30.2 Å². The zero-order valence-electron chi connectivity index (χ0n) is 17.2. The van der Waals surface area contributed by atoms with Crippen molar-refractivity contribution in [2.45, 2.75) is 19.9 Å². The van der Waals surface area contributed by atoms with Gasteiger partial charge in [-0.15, -0.1) is 11.3 Å². The van der Waals surface area contributed by atoms with Gasteiger partial charge in [0.15, 0.2) is 5.82 Å². The number of fused-ring (bicyclic) bond motifs is 1. The summed E-state index contributed by atoms with van der Waals surface area (Å²) >= 11 is 1.30. The number of nitrogens with one attached hydrogen (secondary N) is 3. The van der Waals surface area contributed by atoms with Gasteiger partial charge < -0.3 is 15.4 Å². The molecule has 158 valence electrons. The van der Waals surface area contributed by atoms with E-state index in [0.29, 0.717) is 28.4 Å². The molecule has 0 spiro atoms. The Morgan fingerprint density at radius 3 is 2.61 bits per heavy atom. The molecule has 2 heterocycles. The van der Waals surface area contributed by atoms with E-state index < -0.39 is 0 Å². The predicted octanol–water partition coefficient (Wildman–Crippen LogP) is 4.05. The summed E-state index contributed by atoms with van der Waals surface area (Å²) in [5, 5.41) is 13.5. The molecular formula is C23H22N4O3S. The van der Waals surface area contributed by atoms with Gasteiger partial charge in [-0.3, -0.25) is 14.7 Å². The number of carbonyl (C=O) groups excluding carboxylic acids is 2. The molecule has 2 aromatic heterocycles. The maximum absolute atomic E-state index is 12.6. The SMILES string of the molecule is COc1ccccc1CC(=O)Nc1n[nH]c2sc(C(=O)NCc3ccccc3C)cc12. The van der Waals surface area contributed by atoms with Crippen LogP contribution in [0, 0.1) is 6.92 Å². The summed E-state index contributed by atoms with van der Waals surface area (Å²) in [6.07, 6.45) is 0.159. The molecule has 0 bridgehead atoms. The average molecular weight is 435 g/mol. The highest BCUT2D eigenvalue weighted by Crippen LogP contribution is 2.29. The second-order valence-corrected chi connectivity index (χ2v) is 8.12. The van der Waals surface area contributed by atoms with Gasteiger partial charge in [0, 0.05) is 12.1 Å². The van der Waals surface area contributed by atoms with Crippen LogP contribution in [-0.4, -0.2) is 29.1 Å². The van der Waals surface area contributed by atoms with E-state index in [-0.39, 0.29) is 18.2 Å². The molecular weight excluding hydrogens is 412 g/mol. The van der Waals surface area contributed by atoms with Crippen molar-refractivity contribution >= 4 is 39.2 Å². The molecule has 0 aliphatic heterocycles. The first-order valence-electron chi connectivity index (χ1n) is 9.77. The van der Waals surface area contributed by atoms with Gasteiger partial charge in [-0.1, -0.05) is 42.5 Å². The smallest absolute Gasteiger partial charge is 0.261 e. The van der Waals surface area contributed by atoms with Crippen molar-refractivity contribution in [3.05, 3.63) is 76.2 Å². The van der Waals surface area contributed by atoms with Crippen LogP contribution in [0.1, 0.15) is 26.4 Å². The summed E-state index contributed by atoms with van der Waals surface area (Å²) in [6, 6.07) is 17.1. The van der Waals surface area contributed by atoms with Crippen LogP contribution in [0.3, 0.4) is 0 Å². The minimum atomic E-state index is -0.213. The predicted molar refractivity (Wildman–Crippen MR) is 122 cm³/mol. The second kappa shape index (κ2) is 9.01. The van der Waals surface area contributed by atoms with Crippen LogP contribution in [0.15, 0.2) is 54.6 Å². The van der Waals surface area contributed by atoms with Crippen LogP contribution in [-0.2, 0) is 17.8 Å². The third-order valence-corrected chi connectivity index (χ3v) is 6.02. The van der Waals surface area contributed by atoms with Crippen molar-refractivity contribution < 1.29 is 14.3 Å². The molecule has 0 aliphatic rings. The molecule has 0 saturated carbocycles. The van der Waals surface area contributed by atoms with E-state index in [1.54, 1.807) is 13.2 Å².